The normalized spacial score (nSPS) is 10.7. The summed E-state index contributed by atoms with van der Waals surface area (Å²) in [6, 6.07) is 0. The molecule has 0 aromatic carbocycles. The van der Waals surface area contributed by atoms with E-state index in [1.165, 1.54) is 11.8 Å². The first-order valence-electron chi connectivity index (χ1n) is 7.83. The zero-order chi connectivity index (χ0) is 16.1. The number of carbonyl (C=O) groups is 3. The minimum Gasteiger partial charge on any atom is -0.356 e. The molecule has 0 aromatic rings. The molecular weight excluding hydrogens is 286 g/mol. The lowest BCUT2D eigenvalue weighted by Crippen LogP contribution is -2.24. The van der Waals surface area contributed by atoms with E-state index in [0.717, 1.165) is 32.1 Å². The second-order valence-electron chi connectivity index (χ2n) is 5.56. The van der Waals surface area contributed by atoms with E-state index in [-0.39, 0.29) is 22.7 Å². The van der Waals surface area contributed by atoms with Gasteiger partial charge in [0.2, 0.25) is 5.91 Å². The van der Waals surface area contributed by atoms with Crippen LogP contribution in [0.2, 0.25) is 0 Å². The van der Waals surface area contributed by atoms with E-state index >= 15 is 0 Å². The molecule has 1 amide bonds. The summed E-state index contributed by atoms with van der Waals surface area (Å²) in [5, 5.41) is 3.11. The van der Waals surface area contributed by atoms with Crippen molar-refractivity contribution in [1.29, 1.82) is 0 Å². The Bertz CT molecular complexity index is 329. The SMILES string of the molecule is CSC(=O)CCCCCNC(=O)CCCCC(=O)C(C)C. The first-order chi connectivity index (χ1) is 9.97. The molecule has 0 rings (SSSR count). The molecule has 0 spiro atoms. The molecule has 21 heavy (non-hydrogen) atoms. The summed E-state index contributed by atoms with van der Waals surface area (Å²) in [5.41, 5.74) is 0. The molecule has 5 heteroatoms. The smallest absolute Gasteiger partial charge is 0.219 e. The Hall–Kier alpha value is -0.840. The van der Waals surface area contributed by atoms with Gasteiger partial charge in [0.25, 0.3) is 0 Å². The number of thioether (sulfide) groups is 1. The van der Waals surface area contributed by atoms with Gasteiger partial charge in [-0.2, -0.15) is 0 Å². The Morgan fingerprint density at radius 1 is 0.905 bits per heavy atom. The second kappa shape index (κ2) is 12.9. The highest BCUT2D eigenvalue weighted by Crippen LogP contribution is 2.07. The predicted molar refractivity (Wildman–Crippen MR) is 88.3 cm³/mol. The quantitative estimate of drug-likeness (QED) is 0.561. The van der Waals surface area contributed by atoms with Crippen LogP contribution in [0.4, 0.5) is 0 Å². The Morgan fingerprint density at radius 3 is 2.14 bits per heavy atom. The van der Waals surface area contributed by atoms with Crippen LogP contribution in [0.5, 0.6) is 0 Å². The van der Waals surface area contributed by atoms with Crippen molar-refractivity contribution in [2.24, 2.45) is 5.92 Å². The predicted octanol–water partition coefficient (Wildman–Crippen LogP) is 3.34. The van der Waals surface area contributed by atoms with Crippen LogP contribution in [0.15, 0.2) is 0 Å². The van der Waals surface area contributed by atoms with Gasteiger partial charge in [0.15, 0.2) is 5.12 Å². The minimum atomic E-state index is 0.0622. The number of amides is 1. The van der Waals surface area contributed by atoms with Crippen LogP contribution in [0.3, 0.4) is 0 Å². The fourth-order valence-corrected chi connectivity index (χ4v) is 2.21. The third kappa shape index (κ3) is 12.6. The molecule has 0 saturated carbocycles. The summed E-state index contributed by atoms with van der Waals surface area (Å²) < 4.78 is 0. The van der Waals surface area contributed by atoms with Crippen molar-refractivity contribution in [2.75, 3.05) is 12.8 Å². The molecule has 122 valence electrons. The van der Waals surface area contributed by atoms with E-state index in [1.807, 2.05) is 13.8 Å². The molecule has 0 aliphatic rings. The van der Waals surface area contributed by atoms with Gasteiger partial charge in [0.05, 0.1) is 0 Å². The van der Waals surface area contributed by atoms with Gasteiger partial charge in [-0.3, -0.25) is 14.4 Å². The van der Waals surface area contributed by atoms with Crippen molar-refractivity contribution >= 4 is 28.6 Å². The van der Waals surface area contributed by atoms with Gasteiger partial charge in [-0.15, -0.1) is 0 Å². The monoisotopic (exact) mass is 315 g/mol. The number of Topliss-reactive ketones (excluding diaryl/α,β-unsaturated/α-hetero) is 1. The van der Waals surface area contributed by atoms with Crippen LogP contribution in [-0.4, -0.2) is 29.6 Å². The van der Waals surface area contributed by atoms with E-state index in [9.17, 15) is 14.4 Å². The molecule has 0 aliphatic heterocycles. The molecule has 0 radical (unpaired) electrons. The lowest BCUT2D eigenvalue weighted by atomic mass is 10.0. The molecule has 0 heterocycles. The van der Waals surface area contributed by atoms with Gasteiger partial charge in [-0.1, -0.05) is 32.0 Å². The Kier molecular flexibility index (Phi) is 12.4. The van der Waals surface area contributed by atoms with E-state index in [4.69, 9.17) is 0 Å². The standard InChI is InChI=1S/C16H29NO3S/c1-13(2)14(18)9-6-7-10-15(19)17-12-8-4-5-11-16(20)21-3/h13H,4-12H2,1-3H3,(H,17,19). The minimum absolute atomic E-state index is 0.0622. The highest BCUT2D eigenvalue weighted by molar-refractivity contribution is 8.13. The summed E-state index contributed by atoms with van der Waals surface area (Å²) in [6.45, 7) is 4.49. The molecule has 0 aliphatic carbocycles. The zero-order valence-electron chi connectivity index (χ0n) is 13.6. The average molecular weight is 315 g/mol. The lowest BCUT2D eigenvalue weighted by molar-refractivity contribution is -0.123. The molecule has 0 fully saturated rings. The Balaban J connectivity index is 3.39. The summed E-state index contributed by atoms with van der Waals surface area (Å²) in [5.74, 6) is 0.430. The first kappa shape index (κ1) is 20.2. The van der Waals surface area contributed by atoms with Gasteiger partial charge in [-0.05, 0) is 31.9 Å². The van der Waals surface area contributed by atoms with Gasteiger partial charge >= 0.3 is 0 Å². The van der Waals surface area contributed by atoms with Crippen molar-refractivity contribution < 1.29 is 14.4 Å². The van der Waals surface area contributed by atoms with Crippen LogP contribution < -0.4 is 5.32 Å². The molecule has 0 unspecified atom stereocenters. The number of rotatable bonds is 12. The molecule has 0 bridgehead atoms. The summed E-state index contributed by atoms with van der Waals surface area (Å²) in [6.07, 6.45) is 7.84. The van der Waals surface area contributed by atoms with Crippen LogP contribution in [-0.2, 0) is 14.4 Å². The number of hydrogen-bond acceptors (Lipinski definition) is 4. The summed E-state index contributed by atoms with van der Waals surface area (Å²) in [7, 11) is 0. The fraction of sp³-hybridized carbons (Fsp3) is 0.812. The zero-order valence-corrected chi connectivity index (χ0v) is 14.4. The van der Waals surface area contributed by atoms with Gasteiger partial charge in [0, 0.05) is 31.7 Å². The van der Waals surface area contributed by atoms with E-state index in [2.05, 4.69) is 5.32 Å². The number of hydrogen-bond donors (Lipinski definition) is 1. The average Bonchev–Trinajstić information content (AvgIpc) is 2.46. The fourth-order valence-electron chi connectivity index (χ4n) is 1.86. The highest BCUT2D eigenvalue weighted by atomic mass is 32.2. The van der Waals surface area contributed by atoms with Crippen LogP contribution in [0.25, 0.3) is 0 Å². The second-order valence-corrected chi connectivity index (χ2v) is 6.43. The summed E-state index contributed by atoms with van der Waals surface area (Å²) in [4.78, 5) is 34.0. The van der Waals surface area contributed by atoms with E-state index in [1.54, 1.807) is 6.26 Å². The van der Waals surface area contributed by atoms with Gasteiger partial charge in [0.1, 0.15) is 5.78 Å². The maximum Gasteiger partial charge on any atom is 0.219 e. The number of nitrogens with one attached hydrogen (secondary N) is 1. The topological polar surface area (TPSA) is 63.2 Å². The molecule has 1 N–H and O–H groups in total. The van der Waals surface area contributed by atoms with Crippen molar-refractivity contribution in [2.45, 2.75) is 65.2 Å². The van der Waals surface area contributed by atoms with Crippen LogP contribution in [0, 0.1) is 5.92 Å². The maximum atomic E-state index is 11.6. The van der Waals surface area contributed by atoms with Crippen LogP contribution >= 0.6 is 11.8 Å². The Morgan fingerprint density at radius 2 is 1.52 bits per heavy atom. The lowest BCUT2D eigenvalue weighted by Gasteiger charge is -2.06. The first-order valence-corrected chi connectivity index (χ1v) is 9.06. The van der Waals surface area contributed by atoms with Crippen LogP contribution in [0.1, 0.15) is 65.2 Å². The van der Waals surface area contributed by atoms with Crippen molar-refractivity contribution in [3.63, 3.8) is 0 Å². The maximum absolute atomic E-state index is 11.6. The summed E-state index contributed by atoms with van der Waals surface area (Å²) >= 11 is 1.28. The number of ketones is 1. The molecular formula is C16H29NO3S. The van der Waals surface area contributed by atoms with Crippen molar-refractivity contribution in [3.8, 4) is 0 Å². The number of carbonyl (C=O) groups excluding carboxylic acids is 3. The molecule has 4 nitrogen and oxygen atoms in total. The third-order valence-electron chi connectivity index (χ3n) is 3.33. The van der Waals surface area contributed by atoms with Gasteiger partial charge < -0.3 is 5.32 Å². The van der Waals surface area contributed by atoms with E-state index < -0.39 is 0 Å². The van der Waals surface area contributed by atoms with Crippen molar-refractivity contribution in [3.05, 3.63) is 0 Å². The molecule has 0 atom stereocenters. The van der Waals surface area contributed by atoms with Crippen molar-refractivity contribution in [1.82, 2.24) is 5.32 Å². The largest absolute Gasteiger partial charge is 0.356 e. The molecule has 0 saturated heterocycles. The van der Waals surface area contributed by atoms with E-state index in [0.29, 0.717) is 25.8 Å². The highest BCUT2D eigenvalue weighted by Gasteiger charge is 2.07. The Labute approximate surface area is 132 Å². The number of unbranched alkanes of at least 4 members (excludes halogenated alkanes) is 3. The third-order valence-corrected chi connectivity index (χ3v) is 3.99. The molecule has 0 aromatic heterocycles. The van der Waals surface area contributed by atoms with Gasteiger partial charge in [-0.25, -0.2) is 0 Å².